The summed E-state index contributed by atoms with van der Waals surface area (Å²) in [7, 11) is -3.83. The van der Waals surface area contributed by atoms with Gasteiger partial charge in [-0.05, 0) is 61.3 Å². The number of carbonyl (C=O) groups is 2. The fourth-order valence-corrected chi connectivity index (χ4v) is 7.31. The van der Waals surface area contributed by atoms with Crippen molar-refractivity contribution in [3.8, 4) is 6.07 Å². The van der Waals surface area contributed by atoms with Gasteiger partial charge in [0.1, 0.15) is 12.1 Å². The van der Waals surface area contributed by atoms with Crippen LogP contribution >= 0.6 is 11.3 Å². The smallest absolute Gasteiger partial charge is 0.262 e. The van der Waals surface area contributed by atoms with Crippen molar-refractivity contribution < 1.29 is 18.0 Å². The molecule has 0 bridgehead atoms. The van der Waals surface area contributed by atoms with E-state index in [1.807, 2.05) is 50.2 Å². The van der Waals surface area contributed by atoms with Gasteiger partial charge in [-0.1, -0.05) is 44.2 Å². The Morgan fingerprint density at radius 1 is 1.11 bits per heavy atom. The van der Waals surface area contributed by atoms with Gasteiger partial charge in [-0.25, -0.2) is 8.42 Å². The third-order valence-corrected chi connectivity index (χ3v) is 9.71. The summed E-state index contributed by atoms with van der Waals surface area (Å²) in [6.07, 6.45) is 2.12. The molecule has 0 spiro atoms. The van der Waals surface area contributed by atoms with E-state index in [4.69, 9.17) is 0 Å². The summed E-state index contributed by atoms with van der Waals surface area (Å²) >= 11 is 1.39. The van der Waals surface area contributed by atoms with E-state index in [1.54, 1.807) is 12.1 Å². The SMILES string of the molecule is CC(C)CC(NC(=O)c1cc2ccccc2s1)C(=O)N[C@H]1CCCN(S(=O)(=O)c2ccccc2C#N)CC1. The summed E-state index contributed by atoms with van der Waals surface area (Å²) in [5.74, 6) is -0.353. The molecule has 200 valence electrons. The van der Waals surface area contributed by atoms with Crippen molar-refractivity contribution in [2.24, 2.45) is 5.92 Å². The third kappa shape index (κ3) is 6.41. The fraction of sp³-hybridized carbons (Fsp3) is 0.393. The first-order valence-electron chi connectivity index (χ1n) is 12.8. The fourth-order valence-electron chi connectivity index (χ4n) is 4.71. The average Bonchev–Trinajstić information content (AvgIpc) is 3.20. The molecule has 2 atom stereocenters. The van der Waals surface area contributed by atoms with Crippen LogP contribution in [0.2, 0.25) is 0 Å². The predicted octanol–water partition coefficient (Wildman–Crippen LogP) is 4.28. The van der Waals surface area contributed by atoms with Gasteiger partial charge in [-0.15, -0.1) is 11.3 Å². The first-order valence-corrected chi connectivity index (χ1v) is 15.0. The lowest BCUT2D eigenvalue weighted by molar-refractivity contribution is -0.124. The van der Waals surface area contributed by atoms with E-state index in [-0.39, 0.29) is 40.8 Å². The number of rotatable bonds is 8. The van der Waals surface area contributed by atoms with Crippen molar-refractivity contribution in [2.45, 2.75) is 56.5 Å². The Morgan fingerprint density at radius 2 is 1.84 bits per heavy atom. The van der Waals surface area contributed by atoms with Crippen LogP contribution in [0.3, 0.4) is 0 Å². The highest BCUT2D eigenvalue weighted by atomic mass is 32.2. The minimum Gasteiger partial charge on any atom is -0.352 e. The van der Waals surface area contributed by atoms with Crippen molar-refractivity contribution in [3.63, 3.8) is 0 Å². The summed E-state index contributed by atoms with van der Waals surface area (Å²) in [6, 6.07) is 16.8. The minimum absolute atomic E-state index is 0.00549. The Kier molecular flexibility index (Phi) is 8.82. The number of carbonyl (C=O) groups excluding carboxylic acids is 2. The van der Waals surface area contributed by atoms with Crippen LogP contribution in [-0.4, -0.2) is 49.7 Å². The topological polar surface area (TPSA) is 119 Å². The molecule has 1 aliphatic heterocycles. The molecule has 4 rings (SSSR count). The van der Waals surface area contributed by atoms with Crippen molar-refractivity contribution in [1.82, 2.24) is 14.9 Å². The molecular weight excluding hydrogens is 520 g/mol. The zero-order chi connectivity index (χ0) is 27.3. The van der Waals surface area contributed by atoms with Crippen LogP contribution in [0.1, 0.15) is 54.8 Å². The van der Waals surface area contributed by atoms with Gasteiger partial charge < -0.3 is 10.6 Å². The molecule has 1 aliphatic rings. The van der Waals surface area contributed by atoms with Crippen molar-refractivity contribution >= 4 is 43.3 Å². The maximum absolute atomic E-state index is 13.3. The highest BCUT2D eigenvalue weighted by Gasteiger charge is 2.31. The number of hydrogen-bond donors (Lipinski definition) is 2. The van der Waals surface area contributed by atoms with Gasteiger partial charge >= 0.3 is 0 Å². The maximum Gasteiger partial charge on any atom is 0.262 e. The van der Waals surface area contributed by atoms with Gasteiger partial charge in [0.05, 0.1) is 15.3 Å². The third-order valence-electron chi connectivity index (χ3n) is 6.64. The Balaban J connectivity index is 1.41. The van der Waals surface area contributed by atoms with Gasteiger partial charge in [0.15, 0.2) is 0 Å². The van der Waals surface area contributed by atoms with E-state index in [2.05, 4.69) is 10.6 Å². The number of hydrogen-bond acceptors (Lipinski definition) is 6. The van der Waals surface area contributed by atoms with Crippen LogP contribution in [0, 0.1) is 17.2 Å². The number of amides is 2. The first kappa shape index (κ1) is 27.8. The van der Waals surface area contributed by atoms with Crippen LogP contribution in [-0.2, 0) is 14.8 Å². The number of sulfonamides is 1. The summed E-state index contributed by atoms with van der Waals surface area (Å²) in [4.78, 5) is 26.9. The zero-order valence-electron chi connectivity index (χ0n) is 21.5. The van der Waals surface area contributed by atoms with Crippen LogP contribution < -0.4 is 10.6 Å². The Hall–Kier alpha value is -3.26. The monoisotopic (exact) mass is 552 g/mol. The number of fused-ring (bicyclic) bond motifs is 1. The summed E-state index contributed by atoms with van der Waals surface area (Å²) in [6.45, 7) is 4.54. The van der Waals surface area contributed by atoms with Crippen LogP contribution in [0.5, 0.6) is 0 Å². The van der Waals surface area contributed by atoms with Crippen LogP contribution in [0.15, 0.2) is 59.5 Å². The molecule has 2 aromatic carbocycles. The lowest BCUT2D eigenvalue weighted by Gasteiger charge is -2.24. The van der Waals surface area contributed by atoms with Crippen molar-refractivity contribution in [1.29, 1.82) is 5.26 Å². The summed E-state index contributed by atoms with van der Waals surface area (Å²) < 4.78 is 28.9. The van der Waals surface area contributed by atoms with E-state index in [1.165, 1.54) is 27.8 Å². The molecule has 1 fully saturated rings. The molecule has 0 radical (unpaired) electrons. The quantitative estimate of drug-likeness (QED) is 0.432. The first-order chi connectivity index (χ1) is 18.2. The zero-order valence-corrected chi connectivity index (χ0v) is 23.1. The molecule has 1 saturated heterocycles. The Morgan fingerprint density at radius 3 is 2.58 bits per heavy atom. The summed E-state index contributed by atoms with van der Waals surface area (Å²) in [5.41, 5.74) is 0.118. The standard InChI is InChI=1S/C28H32N4O4S2/c1-19(2)16-23(31-28(34)25-17-20-8-3-5-11-24(20)37-25)27(33)30-22-10-7-14-32(15-13-22)38(35,36)26-12-6-4-9-21(26)18-29/h3-6,8-9,11-12,17,19,22-23H,7,10,13-16H2,1-2H3,(H,30,33)(H,31,34)/t22-,23?/m0/s1. The highest BCUT2D eigenvalue weighted by molar-refractivity contribution is 7.89. The van der Waals surface area contributed by atoms with E-state index in [9.17, 15) is 23.3 Å². The molecular formula is C28H32N4O4S2. The molecule has 2 heterocycles. The second kappa shape index (κ2) is 12.1. The number of nitrogens with zero attached hydrogens (tertiary/aromatic N) is 2. The van der Waals surface area contributed by atoms with E-state index in [0.717, 1.165) is 10.1 Å². The Labute approximate surface area is 227 Å². The van der Waals surface area contributed by atoms with E-state index < -0.39 is 16.1 Å². The molecule has 2 N–H and O–H groups in total. The summed E-state index contributed by atoms with van der Waals surface area (Å²) in [5, 5.41) is 16.3. The average molecular weight is 553 g/mol. The van der Waals surface area contributed by atoms with E-state index in [0.29, 0.717) is 37.1 Å². The number of benzene rings is 2. The van der Waals surface area contributed by atoms with Crippen molar-refractivity contribution in [3.05, 3.63) is 65.0 Å². The molecule has 38 heavy (non-hydrogen) atoms. The van der Waals surface area contributed by atoms with E-state index >= 15 is 0 Å². The number of thiophene rings is 1. The Bertz CT molecular complexity index is 1430. The number of nitrogens with one attached hydrogen (secondary N) is 2. The molecule has 1 unspecified atom stereocenters. The second-order valence-corrected chi connectivity index (χ2v) is 12.9. The molecule has 0 saturated carbocycles. The largest absolute Gasteiger partial charge is 0.352 e. The van der Waals surface area contributed by atoms with Crippen LogP contribution in [0.4, 0.5) is 0 Å². The lowest BCUT2D eigenvalue weighted by Crippen LogP contribution is -2.50. The molecule has 3 aromatic rings. The van der Waals surface area contributed by atoms with Gasteiger partial charge in [0, 0.05) is 23.8 Å². The van der Waals surface area contributed by atoms with Crippen molar-refractivity contribution in [2.75, 3.05) is 13.1 Å². The highest BCUT2D eigenvalue weighted by Crippen LogP contribution is 2.26. The van der Waals surface area contributed by atoms with Gasteiger partial charge in [-0.2, -0.15) is 9.57 Å². The minimum atomic E-state index is -3.83. The van der Waals surface area contributed by atoms with Gasteiger partial charge in [-0.3, -0.25) is 9.59 Å². The molecule has 10 heteroatoms. The van der Waals surface area contributed by atoms with Gasteiger partial charge in [0.2, 0.25) is 15.9 Å². The molecule has 1 aromatic heterocycles. The molecule has 2 amide bonds. The number of nitriles is 1. The normalized spacial score (nSPS) is 17.5. The maximum atomic E-state index is 13.3. The molecule has 8 nitrogen and oxygen atoms in total. The van der Waals surface area contributed by atoms with Crippen LogP contribution in [0.25, 0.3) is 10.1 Å². The second-order valence-electron chi connectivity index (χ2n) is 9.95. The molecule has 0 aliphatic carbocycles. The lowest BCUT2D eigenvalue weighted by atomic mass is 10.0. The predicted molar refractivity (Wildman–Crippen MR) is 148 cm³/mol. The van der Waals surface area contributed by atoms with Gasteiger partial charge in [0.25, 0.3) is 5.91 Å².